The monoisotopic (exact) mass is 375 g/mol. The van der Waals surface area contributed by atoms with Crippen LogP contribution < -0.4 is 0 Å². The maximum absolute atomic E-state index is 12.8. The largest absolute Gasteiger partial charge is 0.392 e. The molecule has 2 aliphatic rings. The van der Waals surface area contributed by atoms with E-state index in [0.717, 1.165) is 11.1 Å². The summed E-state index contributed by atoms with van der Waals surface area (Å²) in [5, 5.41) is 10.6. The average molecular weight is 375 g/mol. The van der Waals surface area contributed by atoms with Crippen LogP contribution in [0.1, 0.15) is 24.0 Å². The zero-order valence-electron chi connectivity index (χ0n) is 14.1. The van der Waals surface area contributed by atoms with Crippen molar-refractivity contribution in [2.75, 3.05) is 26.3 Å². The van der Waals surface area contributed by atoms with E-state index in [2.05, 4.69) is 4.74 Å². The Labute approximate surface area is 148 Å². The van der Waals surface area contributed by atoms with Gasteiger partial charge in [-0.1, -0.05) is 24.3 Å². The molecule has 26 heavy (non-hydrogen) atoms. The third kappa shape index (κ3) is 3.44. The zero-order chi connectivity index (χ0) is 18.9. The first kappa shape index (κ1) is 19.1. The van der Waals surface area contributed by atoms with Crippen LogP contribution in [0.15, 0.2) is 24.3 Å². The summed E-state index contributed by atoms with van der Waals surface area (Å²) in [4.78, 5) is 13.6. The number of rotatable bonds is 5. The van der Waals surface area contributed by atoms with Crippen LogP contribution in [0, 0.1) is 0 Å². The molecule has 1 aromatic rings. The van der Waals surface area contributed by atoms with Gasteiger partial charge in [-0.2, -0.15) is 8.78 Å². The third-order valence-corrected chi connectivity index (χ3v) is 5.45. The van der Waals surface area contributed by atoms with Crippen LogP contribution in [-0.4, -0.2) is 60.7 Å². The number of benzene rings is 1. The number of aliphatic hydroxyl groups excluding tert-OH is 1. The molecule has 144 valence electrons. The molecule has 3 rings (SSSR count). The normalized spacial score (nSPS) is 22.1. The Kier molecular flexibility index (Phi) is 5.25. The van der Waals surface area contributed by atoms with E-state index in [1.165, 1.54) is 4.90 Å². The number of alkyl halides is 4. The summed E-state index contributed by atoms with van der Waals surface area (Å²) in [5.41, 5.74) is 1.82. The van der Waals surface area contributed by atoms with Crippen LogP contribution in [-0.2, 0) is 21.4 Å². The Hall–Kier alpha value is -1.67. The number of likely N-dealkylation sites (tertiary alicyclic amines) is 1. The van der Waals surface area contributed by atoms with Gasteiger partial charge in [-0.05, 0) is 30.4 Å². The van der Waals surface area contributed by atoms with Gasteiger partial charge in [0.25, 0.3) is 0 Å². The summed E-state index contributed by atoms with van der Waals surface area (Å²) in [6.45, 7) is -1.42. The first-order valence-electron chi connectivity index (χ1n) is 8.54. The minimum Gasteiger partial charge on any atom is -0.392 e. The highest BCUT2D eigenvalue weighted by atomic mass is 19.3. The first-order valence-corrected chi connectivity index (χ1v) is 8.54. The molecule has 1 aliphatic heterocycles. The highest BCUT2D eigenvalue weighted by Gasteiger charge is 2.48. The van der Waals surface area contributed by atoms with Crippen LogP contribution in [0.5, 0.6) is 0 Å². The van der Waals surface area contributed by atoms with Crippen molar-refractivity contribution in [1.29, 1.82) is 0 Å². The van der Waals surface area contributed by atoms with Gasteiger partial charge in [-0.3, -0.25) is 4.79 Å². The predicted octanol–water partition coefficient (Wildman–Crippen LogP) is 2.38. The number of nitrogens with zero attached hydrogens (tertiary/aromatic N) is 1. The van der Waals surface area contributed by atoms with Gasteiger partial charge in [0, 0.05) is 18.5 Å². The number of piperidine rings is 1. The van der Waals surface area contributed by atoms with Gasteiger partial charge in [0.05, 0.1) is 6.10 Å². The van der Waals surface area contributed by atoms with Crippen LogP contribution >= 0.6 is 0 Å². The lowest BCUT2D eigenvalue weighted by Crippen LogP contribution is -2.50. The molecule has 0 bridgehead atoms. The van der Waals surface area contributed by atoms with E-state index in [4.69, 9.17) is 0 Å². The van der Waals surface area contributed by atoms with Crippen molar-refractivity contribution in [3.05, 3.63) is 35.4 Å². The summed E-state index contributed by atoms with van der Waals surface area (Å²) in [6, 6.07) is 7.84. The lowest BCUT2D eigenvalue weighted by molar-refractivity contribution is -0.171. The fourth-order valence-electron chi connectivity index (χ4n) is 3.95. The molecule has 0 saturated carbocycles. The number of hydrogen-bond acceptors (Lipinski definition) is 3. The van der Waals surface area contributed by atoms with Crippen molar-refractivity contribution in [2.24, 2.45) is 0 Å². The van der Waals surface area contributed by atoms with Gasteiger partial charge < -0.3 is 14.7 Å². The quantitative estimate of drug-likeness (QED) is 0.804. The van der Waals surface area contributed by atoms with E-state index in [1.54, 1.807) is 0 Å². The van der Waals surface area contributed by atoms with E-state index in [0.29, 0.717) is 32.4 Å². The SMILES string of the molecule is O=C(COCC(F)(F)C(F)F)N1CCC2(CC1)c1ccccc1C[C@H]2O. The minimum atomic E-state index is -4.26. The Balaban J connectivity index is 1.55. The van der Waals surface area contributed by atoms with Gasteiger partial charge in [0.15, 0.2) is 0 Å². The van der Waals surface area contributed by atoms with Crippen LogP contribution in [0.2, 0.25) is 0 Å². The molecular formula is C18H21F4NO3. The lowest BCUT2D eigenvalue weighted by Gasteiger charge is -2.42. The zero-order valence-corrected chi connectivity index (χ0v) is 14.1. The number of carbonyl (C=O) groups is 1. The number of carbonyl (C=O) groups excluding carboxylic acids is 1. The topological polar surface area (TPSA) is 49.8 Å². The molecule has 1 spiro atoms. The Morgan fingerprint density at radius 2 is 1.96 bits per heavy atom. The minimum absolute atomic E-state index is 0.360. The second-order valence-corrected chi connectivity index (χ2v) is 6.97. The number of halogens is 4. The Morgan fingerprint density at radius 3 is 2.62 bits per heavy atom. The molecule has 1 N–H and O–H groups in total. The number of ether oxygens (including phenoxy) is 1. The highest BCUT2D eigenvalue weighted by Crippen LogP contribution is 2.46. The van der Waals surface area contributed by atoms with Gasteiger partial charge in [0.1, 0.15) is 13.2 Å². The third-order valence-electron chi connectivity index (χ3n) is 5.45. The van der Waals surface area contributed by atoms with Crippen molar-refractivity contribution in [3.63, 3.8) is 0 Å². The summed E-state index contributed by atoms with van der Waals surface area (Å²) in [5.74, 6) is -4.77. The predicted molar refractivity (Wildman–Crippen MR) is 85.4 cm³/mol. The molecule has 0 radical (unpaired) electrons. The first-order chi connectivity index (χ1) is 12.3. The van der Waals surface area contributed by atoms with Crippen molar-refractivity contribution < 1.29 is 32.2 Å². The maximum atomic E-state index is 12.8. The summed E-state index contributed by atoms with van der Waals surface area (Å²) >= 11 is 0. The molecule has 1 heterocycles. The van der Waals surface area contributed by atoms with E-state index in [-0.39, 0.29) is 0 Å². The number of hydrogen-bond donors (Lipinski definition) is 1. The molecule has 1 saturated heterocycles. The van der Waals surface area contributed by atoms with E-state index < -0.39 is 43.0 Å². The second kappa shape index (κ2) is 7.15. The van der Waals surface area contributed by atoms with Gasteiger partial charge in [-0.25, -0.2) is 8.78 Å². The molecule has 1 aliphatic carbocycles. The van der Waals surface area contributed by atoms with Crippen LogP contribution in [0.3, 0.4) is 0 Å². The molecule has 0 unspecified atom stereocenters. The van der Waals surface area contributed by atoms with Crippen molar-refractivity contribution in [2.45, 2.75) is 43.1 Å². The molecule has 1 aromatic carbocycles. The molecule has 4 nitrogen and oxygen atoms in total. The van der Waals surface area contributed by atoms with E-state index in [1.807, 2.05) is 24.3 Å². The Bertz CT molecular complexity index is 660. The molecule has 1 amide bonds. The van der Waals surface area contributed by atoms with Crippen LogP contribution in [0.4, 0.5) is 17.6 Å². The van der Waals surface area contributed by atoms with Crippen molar-refractivity contribution in [1.82, 2.24) is 4.90 Å². The van der Waals surface area contributed by atoms with E-state index in [9.17, 15) is 27.5 Å². The summed E-state index contributed by atoms with van der Waals surface area (Å²) in [6.07, 6.45) is -2.64. The fourth-order valence-corrected chi connectivity index (χ4v) is 3.95. The van der Waals surface area contributed by atoms with Gasteiger partial charge >= 0.3 is 12.3 Å². The Morgan fingerprint density at radius 1 is 1.31 bits per heavy atom. The molecule has 0 aromatic heterocycles. The number of amides is 1. The molecule has 1 fully saturated rings. The second-order valence-electron chi connectivity index (χ2n) is 6.97. The number of fused-ring (bicyclic) bond motifs is 2. The standard InChI is InChI=1S/C18H21F4NO3/c19-16(20)18(21,22)11-26-10-15(25)23-7-5-17(6-8-23)13-4-2-1-3-12(13)9-14(17)24/h1-4,14,16,24H,5-11H2/t14-/m1/s1. The van der Waals surface area contributed by atoms with Crippen LogP contribution in [0.25, 0.3) is 0 Å². The molecule has 8 heteroatoms. The van der Waals surface area contributed by atoms with Crippen molar-refractivity contribution >= 4 is 5.91 Å². The van der Waals surface area contributed by atoms with E-state index >= 15 is 0 Å². The summed E-state index contributed by atoms with van der Waals surface area (Å²) in [7, 11) is 0. The lowest BCUT2D eigenvalue weighted by atomic mass is 9.72. The fraction of sp³-hybridized carbons (Fsp3) is 0.611. The highest BCUT2D eigenvalue weighted by molar-refractivity contribution is 5.77. The average Bonchev–Trinajstić information content (AvgIpc) is 2.87. The maximum Gasteiger partial charge on any atom is 0.330 e. The summed E-state index contributed by atoms with van der Waals surface area (Å²) < 4.78 is 54.2. The van der Waals surface area contributed by atoms with Crippen molar-refractivity contribution in [3.8, 4) is 0 Å². The smallest absolute Gasteiger partial charge is 0.330 e. The van der Waals surface area contributed by atoms with Gasteiger partial charge in [-0.15, -0.1) is 0 Å². The molecule has 1 atom stereocenters. The van der Waals surface area contributed by atoms with Gasteiger partial charge in [0.2, 0.25) is 5.91 Å². The number of aliphatic hydroxyl groups is 1. The molecular weight excluding hydrogens is 354 g/mol.